The number of benzene rings is 2. The lowest BCUT2D eigenvalue weighted by molar-refractivity contribution is -0.154. The first kappa shape index (κ1) is 22.0. The van der Waals surface area contributed by atoms with E-state index in [1.807, 2.05) is 26.0 Å². The van der Waals surface area contributed by atoms with Gasteiger partial charge in [-0.2, -0.15) is 0 Å². The highest BCUT2D eigenvalue weighted by atomic mass is 16.5. The summed E-state index contributed by atoms with van der Waals surface area (Å²) in [5, 5.41) is 1.53. The zero-order valence-electron chi connectivity index (χ0n) is 18.5. The van der Waals surface area contributed by atoms with Crippen molar-refractivity contribution in [2.45, 2.75) is 58.0 Å². The molecule has 2 aliphatic heterocycles. The Kier molecular flexibility index (Phi) is 6.26. The largest absolute Gasteiger partial charge is 0.456 e. The lowest BCUT2D eigenvalue weighted by Crippen LogP contribution is -2.49. The van der Waals surface area contributed by atoms with Crippen molar-refractivity contribution < 1.29 is 23.9 Å². The first-order valence-electron chi connectivity index (χ1n) is 11.2. The quantitative estimate of drug-likeness (QED) is 0.511. The van der Waals surface area contributed by atoms with E-state index < -0.39 is 5.97 Å². The number of carbonyl (C=O) groups is 4. The number of piperidine rings is 1. The summed E-state index contributed by atoms with van der Waals surface area (Å²) >= 11 is 0. The zero-order chi connectivity index (χ0) is 22.8. The van der Waals surface area contributed by atoms with Crippen LogP contribution in [0.1, 0.15) is 66.7 Å². The van der Waals surface area contributed by atoms with Gasteiger partial charge in [0.15, 0.2) is 6.61 Å². The van der Waals surface area contributed by atoms with Crippen LogP contribution in [0.5, 0.6) is 0 Å². The van der Waals surface area contributed by atoms with E-state index in [1.54, 1.807) is 29.2 Å². The van der Waals surface area contributed by atoms with E-state index in [4.69, 9.17) is 4.74 Å². The summed E-state index contributed by atoms with van der Waals surface area (Å²) in [6, 6.07) is 11.1. The first-order chi connectivity index (χ1) is 15.4. The summed E-state index contributed by atoms with van der Waals surface area (Å²) in [6.07, 6.45) is 3.32. The predicted octanol–water partition coefficient (Wildman–Crippen LogP) is 3.55. The minimum atomic E-state index is -0.505. The normalized spacial score (nSPS) is 20.6. The molecule has 0 saturated carbocycles. The molecule has 168 valence electrons. The van der Waals surface area contributed by atoms with Gasteiger partial charge in [0.25, 0.3) is 17.7 Å². The number of hydrogen-bond acceptors (Lipinski definition) is 5. The maximum Gasteiger partial charge on any atom is 0.306 e. The van der Waals surface area contributed by atoms with Gasteiger partial charge in [0, 0.05) is 41.6 Å². The number of esters is 1. The second-order valence-corrected chi connectivity index (χ2v) is 8.67. The molecule has 0 N–H and O–H groups in total. The van der Waals surface area contributed by atoms with Gasteiger partial charge >= 0.3 is 5.97 Å². The first-order valence-corrected chi connectivity index (χ1v) is 11.2. The average Bonchev–Trinajstić information content (AvgIpc) is 2.78. The molecule has 0 aromatic heterocycles. The second kappa shape index (κ2) is 9.10. The number of rotatable bonds is 6. The van der Waals surface area contributed by atoms with Crippen LogP contribution in [0.15, 0.2) is 36.4 Å². The molecule has 7 heteroatoms. The third kappa shape index (κ3) is 4.11. The van der Waals surface area contributed by atoms with Crippen LogP contribution in [-0.4, -0.2) is 58.7 Å². The Morgan fingerprint density at radius 3 is 2.16 bits per heavy atom. The molecule has 2 aromatic rings. The Labute approximate surface area is 187 Å². The predicted molar refractivity (Wildman–Crippen MR) is 119 cm³/mol. The van der Waals surface area contributed by atoms with Crippen molar-refractivity contribution in [1.82, 2.24) is 9.80 Å². The van der Waals surface area contributed by atoms with E-state index in [-0.39, 0.29) is 55.8 Å². The molecule has 0 unspecified atom stereocenters. The van der Waals surface area contributed by atoms with E-state index in [2.05, 4.69) is 0 Å². The number of carbonyl (C=O) groups excluding carboxylic acids is 4. The molecule has 2 aromatic carbocycles. The Bertz CT molecular complexity index is 1020. The third-order valence-corrected chi connectivity index (χ3v) is 6.46. The van der Waals surface area contributed by atoms with Gasteiger partial charge in [-0.15, -0.1) is 0 Å². The van der Waals surface area contributed by atoms with Gasteiger partial charge < -0.3 is 9.64 Å². The molecule has 2 atom stereocenters. The monoisotopic (exact) mass is 436 g/mol. The number of imide groups is 1. The Morgan fingerprint density at radius 2 is 1.56 bits per heavy atom. The molecule has 0 bridgehead atoms. The van der Waals surface area contributed by atoms with Gasteiger partial charge in [-0.25, -0.2) is 0 Å². The number of ether oxygens (including phenoxy) is 1. The van der Waals surface area contributed by atoms with E-state index in [0.717, 1.165) is 24.6 Å². The maximum atomic E-state index is 12.9. The van der Waals surface area contributed by atoms with E-state index in [0.29, 0.717) is 16.5 Å². The molecule has 0 radical (unpaired) electrons. The van der Waals surface area contributed by atoms with E-state index in [1.165, 1.54) is 4.90 Å². The van der Waals surface area contributed by atoms with E-state index >= 15 is 0 Å². The lowest BCUT2D eigenvalue weighted by atomic mass is 9.94. The highest BCUT2D eigenvalue weighted by Crippen LogP contribution is 2.30. The fourth-order valence-corrected chi connectivity index (χ4v) is 4.87. The van der Waals surface area contributed by atoms with E-state index in [9.17, 15) is 19.2 Å². The van der Waals surface area contributed by atoms with Gasteiger partial charge in [-0.3, -0.25) is 24.1 Å². The number of hydrogen-bond donors (Lipinski definition) is 0. The fourth-order valence-electron chi connectivity index (χ4n) is 4.87. The Hall–Kier alpha value is -3.22. The summed E-state index contributed by atoms with van der Waals surface area (Å²) in [6.45, 7) is 3.87. The molecule has 4 rings (SSSR count). The standard InChI is InChI=1S/C25H28N2O5/c1-16-7-3-8-17(2)27(16)21(28)15-32-22(29)13-6-14-26-24(30)19-11-4-9-18-10-5-12-20(23(18)19)25(26)31/h4-5,9-12,16-17H,3,6-8,13-15H2,1-2H3/t16-,17-/m0/s1. The molecular formula is C25H28N2O5. The molecule has 0 aliphatic carbocycles. The highest BCUT2D eigenvalue weighted by molar-refractivity contribution is 6.25. The van der Waals surface area contributed by atoms with Crippen molar-refractivity contribution >= 4 is 34.5 Å². The van der Waals surface area contributed by atoms with Crippen LogP contribution in [0.2, 0.25) is 0 Å². The van der Waals surface area contributed by atoms with Gasteiger partial charge in [0.05, 0.1) is 0 Å². The number of likely N-dealkylation sites (tertiary alicyclic amines) is 1. The van der Waals surface area contributed by atoms with Crippen LogP contribution >= 0.6 is 0 Å². The van der Waals surface area contributed by atoms with Crippen LogP contribution in [0.4, 0.5) is 0 Å². The SMILES string of the molecule is C[C@H]1CCC[C@H](C)N1C(=O)COC(=O)CCCN1C(=O)c2cccc3cccc(c23)C1=O. The molecular weight excluding hydrogens is 408 g/mol. The van der Waals surface area contributed by atoms with Crippen LogP contribution in [-0.2, 0) is 14.3 Å². The smallest absolute Gasteiger partial charge is 0.306 e. The Morgan fingerprint density at radius 1 is 0.969 bits per heavy atom. The zero-order valence-corrected chi connectivity index (χ0v) is 18.5. The lowest BCUT2D eigenvalue weighted by Gasteiger charge is -2.38. The fraction of sp³-hybridized carbons (Fsp3) is 0.440. The minimum Gasteiger partial charge on any atom is -0.456 e. The average molecular weight is 437 g/mol. The summed E-state index contributed by atoms with van der Waals surface area (Å²) in [5.74, 6) is -1.38. The van der Waals surface area contributed by atoms with Gasteiger partial charge in [0.2, 0.25) is 0 Å². The molecule has 7 nitrogen and oxygen atoms in total. The van der Waals surface area contributed by atoms with Crippen molar-refractivity contribution in [3.8, 4) is 0 Å². The van der Waals surface area contributed by atoms with Crippen LogP contribution in [0.25, 0.3) is 10.8 Å². The highest BCUT2D eigenvalue weighted by Gasteiger charge is 2.32. The van der Waals surface area contributed by atoms with Crippen molar-refractivity contribution in [1.29, 1.82) is 0 Å². The van der Waals surface area contributed by atoms with Crippen LogP contribution in [0.3, 0.4) is 0 Å². The topological polar surface area (TPSA) is 84.0 Å². The second-order valence-electron chi connectivity index (χ2n) is 8.67. The summed E-state index contributed by atoms with van der Waals surface area (Å²) in [5.41, 5.74) is 0.992. The number of amides is 3. The van der Waals surface area contributed by atoms with Crippen molar-refractivity contribution in [2.24, 2.45) is 0 Å². The van der Waals surface area contributed by atoms with Gasteiger partial charge in [-0.05, 0) is 57.0 Å². The number of nitrogens with zero attached hydrogens (tertiary/aromatic N) is 2. The van der Waals surface area contributed by atoms with Crippen LogP contribution < -0.4 is 0 Å². The minimum absolute atomic E-state index is 0.0291. The summed E-state index contributed by atoms with van der Waals surface area (Å²) in [7, 11) is 0. The van der Waals surface area contributed by atoms with Crippen molar-refractivity contribution in [3.05, 3.63) is 47.5 Å². The molecule has 32 heavy (non-hydrogen) atoms. The van der Waals surface area contributed by atoms with Gasteiger partial charge in [-0.1, -0.05) is 24.3 Å². The van der Waals surface area contributed by atoms with Crippen LogP contribution in [0, 0.1) is 0 Å². The molecule has 1 saturated heterocycles. The molecule has 0 spiro atoms. The van der Waals surface area contributed by atoms with Crippen molar-refractivity contribution in [2.75, 3.05) is 13.2 Å². The van der Waals surface area contributed by atoms with Crippen molar-refractivity contribution in [3.63, 3.8) is 0 Å². The summed E-state index contributed by atoms with van der Waals surface area (Å²) < 4.78 is 5.18. The van der Waals surface area contributed by atoms with Gasteiger partial charge in [0.1, 0.15) is 0 Å². The Balaban J connectivity index is 1.31. The molecule has 2 heterocycles. The molecule has 2 aliphatic rings. The summed E-state index contributed by atoms with van der Waals surface area (Å²) in [4.78, 5) is 53.4. The molecule has 3 amide bonds. The third-order valence-electron chi connectivity index (χ3n) is 6.46. The molecule has 1 fully saturated rings. The maximum absolute atomic E-state index is 12.9.